The first-order valence-corrected chi connectivity index (χ1v) is 6.04. The van der Waals surface area contributed by atoms with Gasteiger partial charge in [-0.15, -0.1) is 0 Å². The SMILES string of the molecule is CC(C)(C)C(=O)NC1CN(c2ncccc2F)C1. The second kappa shape index (κ2) is 4.55. The molecule has 1 aromatic rings. The average Bonchev–Trinajstić information content (AvgIpc) is 2.22. The number of halogens is 1. The Bertz CT molecular complexity index is 450. The van der Waals surface area contributed by atoms with E-state index in [2.05, 4.69) is 10.3 Å². The standard InChI is InChI=1S/C13H18FN3O/c1-13(2,3)12(18)16-9-7-17(8-9)11-10(14)5-4-6-15-11/h4-6,9H,7-8H2,1-3H3,(H,16,18). The van der Waals surface area contributed by atoms with Crippen molar-refractivity contribution in [2.24, 2.45) is 5.41 Å². The van der Waals surface area contributed by atoms with Gasteiger partial charge in [0.25, 0.3) is 0 Å². The Morgan fingerprint density at radius 2 is 2.17 bits per heavy atom. The summed E-state index contributed by atoms with van der Waals surface area (Å²) in [5.41, 5.74) is -0.392. The van der Waals surface area contributed by atoms with Crippen LogP contribution < -0.4 is 10.2 Å². The molecule has 0 radical (unpaired) electrons. The highest BCUT2D eigenvalue weighted by Gasteiger charge is 2.33. The molecule has 98 valence electrons. The molecule has 1 fully saturated rings. The molecular weight excluding hydrogens is 233 g/mol. The number of amides is 1. The Hall–Kier alpha value is -1.65. The Kier molecular flexibility index (Phi) is 3.24. The third-order valence-electron chi connectivity index (χ3n) is 2.94. The molecule has 0 atom stereocenters. The maximum atomic E-state index is 13.4. The molecule has 0 aromatic carbocycles. The van der Waals surface area contributed by atoms with Crippen molar-refractivity contribution in [1.82, 2.24) is 10.3 Å². The van der Waals surface area contributed by atoms with Gasteiger partial charge in [-0.25, -0.2) is 9.37 Å². The van der Waals surface area contributed by atoms with E-state index in [9.17, 15) is 9.18 Å². The third-order valence-corrected chi connectivity index (χ3v) is 2.94. The number of pyridine rings is 1. The van der Waals surface area contributed by atoms with Gasteiger partial charge in [0.2, 0.25) is 5.91 Å². The fraction of sp³-hybridized carbons (Fsp3) is 0.538. The molecule has 1 saturated heterocycles. The zero-order valence-electron chi connectivity index (χ0n) is 10.9. The predicted octanol–water partition coefficient (Wildman–Crippen LogP) is 1.57. The minimum Gasteiger partial charge on any atom is -0.350 e. The third kappa shape index (κ3) is 2.60. The quantitative estimate of drug-likeness (QED) is 0.868. The zero-order chi connectivity index (χ0) is 13.3. The number of aromatic nitrogens is 1. The van der Waals surface area contributed by atoms with Crippen molar-refractivity contribution < 1.29 is 9.18 Å². The second-order valence-electron chi connectivity index (χ2n) is 5.63. The van der Waals surface area contributed by atoms with Crippen LogP contribution in [0.25, 0.3) is 0 Å². The molecule has 18 heavy (non-hydrogen) atoms. The number of carbonyl (C=O) groups is 1. The van der Waals surface area contributed by atoms with Crippen molar-refractivity contribution in [3.8, 4) is 0 Å². The van der Waals surface area contributed by atoms with Crippen LogP contribution in [0.3, 0.4) is 0 Å². The molecule has 4 nitrogen and oxygen atoms in total. The minimum atomic E-state index is -0.392. The summed E-state index contributed by atoms with van der Waals surface area (Å²) >= 11 is 0. The lowest BCUT2D eigenvalue weighted by Gasteiger charge is -2.41. The molecule has 1 aliphatic rings. The highest BCUT2D eigenvalue weighted by Crippen LogP contribution is 2.22. The van der Waals surface area contributed by atoms with Crippen molar-refractivity contribution in [3.63, 3.8) is 0 Å². The van der Waals surface area contributed by atoms with Gasteiger partial charge in [0.15, 0.2) is 11.6 Å². The van der Waals surface area contributed by atoms with E-state index >= 15 is 0 Å². The van der Waals surface area contributed by atoms with Crippen molar-refractivity contribution >= 4 is 11.7 Å². The van der Waals surface area contributed by atoms with Gasteiger partial charge >= 0.3 is 0 Å². The molecule has 0 unspecified atom stereocenters. The number of nitrogens with zero attached hydrogens (tertiary/aromatic N) is 2. The van der Waals surface area contributed by atoms with Gasteiger partial charge in [-0.05, 0) is 12.1 Å². The first kappa shape index (κ1) is 12.8. The molecule has 5 heteroatoms. The molecule has 1 aromatic heterocycles. The number of hydrogen-bond acceptors (Lipinski definition) is 3. The molecule has 0 aliphatic carbocycles. The summed E-state index contributed by atoms with van der Waals surface area (Å²) in [6.07, 6.45) is 1.57. The van der Waals surface area contributed by atoms with E-state index in [1.165, 1.54) is 6.07 Å². The summed E-state index contributed by atoms with van der Waals surface area (Å²) in [6.45, 7) is 6.83. The number of rotatable bonds is 2. The normalized spacial score (nSPS) is 16.3. The van der Waals surface area contributed by atoms with Gasteiger partial charge in [-0.3, -0.25) is 4.79 Å². The summed E-state index contributed by atoms with van der Waals surface area (Å²) in [7, 11) is 0. The lowest BCUT2D eigenvalue weighted by molar-refractivity contribution is -0.129. The molecule has 0 bridgehead atoms. The Balaban J connectivity index is 1.88. The Morgan fingerprint density at radius 3 is 2.72 bits per heavy atom. The van der Waals surface area contributed by atoms with Gasteiger partial charge in [0, 0.05) is 24.7 Å². The van der Waals surface area contributed by atoms with Crippen molar-refractivity contribution in [2.45, 2.75) is 26.8 Å². The van der Waals surface area contributed by atoms with E-state index < -0.39 is 5.41 Å². The highest BCUT2D eigenvalue weighted by atomic mass is 19.1. The van der Waals surface area contributed by atoms with Crippen LogP contribution in [0.5, 0.6) is 0 Å². The van der Waals surface area contributed by atoms with Gasteiger partial charge in [-0.1, -0.05) is 20.8 Å². The van der Waals surface area contributed by atoms with Gasteiger partial charge in [0.05, 0.1) is 6.04 Å². The van der Waals surface area contributed by atoms with Crippen molar-refractivity contribution in [2.75, 3.05) is 18.0 Å². The van der Waals surface area contributed by atoms with E-state index in [1.807, 2.05) is 25.7 Å². The maximum Gasteiger partial charge on any atom is 0.225 e. The molecule has 0 saturated carbocycles. The lowest BCUT2D eigenvalue weighted by atomic mass is 9.94. The molecule has 1 amide bonds. The van der Waals surface area contributed by atoms with E-state index in [4.69, 9.17) is 0 Å². The Labute approximate surface area is 106 Å². The van der Waals surface area contributed by atoms with Crippen LogP contribution in [-0.4, -0.2) is 30.0 Å². The summed E-state index contributed by atoms with van der Waals surface area (Å²) < 4.78 is 13.4. The lowest BCUT2D eigenvalue weighted by Crippen LogP contribution is -2.61. The van der Waals surface area contributed by atoms with Gasteiger partial charge < -0.3 is 10.2 Å². The zero-order valence-corrected chi connectivity index (χ0v) is 10.9. The molecule has 2 rings (SSSR count). The Morgan fingerprint density at radius 1 is 1.50 bits per heavy atom. The predicted molar refractivity (Wildman–Crippen MR) is 67.8 cm³/mol. The fourth-order valence-corrected chi connectivity index (χ4v) is 1.75. The molecule has 0 spiro atoms. The monoisotopic (exact) mass is 251 g/mol. The fourth-order valence-electron chi connectivity index (χ4n) is 1.75. The van der Waals surface area contributed by atoms with E-state index in [0.29, 0.717) is 18.9 Å². The van der Waals surface area contributed by atoms with Gasteiger partial charge in [-0.2, -0.15) is 0 Å². The second-order valence-corrected chi connectivity index (χ2v) is 5.63. The van der Waals surface area contributed by atoms with E-state index in [-0.39, 0.29) is 17.8 Å². The summed E-state index contributed by atoms with van der Waals surface area (Å²) in [6, 6.07) is 3.04. The molecular formula is C13H18FN3O. The minimum absolute atomic E-state index is 0.0219. The summed E-state index contributed by atoms with van der Waals surface area (Å²) in [4.78, 5) is 17.6. The smallest absolute Gasteiger partial charge is 0.225 e. The van der Waals surface area contributed by atoms with Crippen LogP contribution in [0.15, 0.2) is 18.3 Å². The topological polar surface area (TPSA) is 45.2 Å². The molecule has 1 N–H and O–H groups in total. The molecule has 2 heterocycles. The van der Waals surface area contributed by atoms with E-state index in [1.54, 1.807) is 12.3 Å². The van der Waals surface area contributed by atoms with E-state index in [0.717, 1.165) is 0 Å². The van der Waals surface area contributed by atoms with Gasteiger partial charge in [0.1, 0.15) is 0 Å². The summed E-state index contributed by atoms with van der Waals surface area (Å²) in [5.74, 6) is 0.0606. The number of anilines is 1. The van der Waals surface area contributed by atoms with Crippen molar-refractivity contribution in [1.29, 1.82) is 0 Å². The first-order chi connectivity index (χ1) is 8.38. The summed E-state index contributed by atoms with van der Waals surface area (Å²) in [5, 5.41) is 2.94. The average molecular weight is 251 g/mol. The number of hydrogen-bond donors (Lipinski definition) is 1. The van der Waals surface area contributed by atoms with Crippen LogP contribution in [0.1, 0.15) is 20.8 Å². The highest BCUT2D eigenvalue weighted by molar-refractivity contribution is 5.82. The maximum absolute atomic E-state index is 13.4. The van der Waals surface area contributed by atoms with Crippen LogP contribution in [0.2, 0.25) is 0 Å². The van der Waals surface area contributed by atoms with Crippen LogP contribution in [0.4, 0.5) is 10.2 Å². The molecule has 1 aliphatic heterocycles. The van der Waals surface area contributed by atoms with Crippen LogP contribution in [0, 0.1) is 11.2 Å². The van der Waals surface area contributed by atoms with Crippen molar-refractivity contribution in [3.05, 3.63) is 24.1 Å². The number of nitrogens with one attached hydrogen (secondary N) is 1. The first-order valence-electron chi connectivity index (χ1n) is 6.04. The number of carbonyl (C=O) groups excluding carboxylic acids is 1. The van der Waals surface area contributed by atoms with Crippen LogP contribution >= 0.6 is 0 Å². The van der Waals surface area contributed by atoms with Crippen LogP contribution in [-0.2, 0) is 4.79 Å². The largest absolute Gasteiger partial charge is 0.350 e.